The molecule has 2 N–H and O–H groups in total. The van der Waals surface area contributed by atoms with Gasteiger partial charge < -0.3 is 24.4 Å². The zero-order valence-electron chi connectivity index (χ0n) is 21.5. The lowest BCUT2D eigenvalue weighted by Gasteiger charge is -2.62. The van der Waals surface area contributed by atoms with Gasteiger partial charge in [0, 0.05) is 30.0 Å². The molecule has 202 valence electrons. The fourth-order valence-corrected chi connectivity index (χ4v) is 7.90. The fourth-order valence-electron chi connectivity index (χ4n) is 7.70. The van der Waals surface area contributed by atoms with Crippen LogP contribution in [0.4, 0.5) is 4.39 Å². The zero-order valence-corrected chi connectivity index (χ0v) is 22.2. The highest BCUT2D eigenvalue weighted by Crippen LogP contribution is 2.70. The van der Waals surface area contributed by atoms with Crippen molar-refractivity contribution in [1.29, 1.82) is 0 Å². The summed E-state index contributed by atoms with van der Waals surface area (Å²) in [5, 5.41) is 23.4. The first kappa shape index (κ1) is 27.9. The van der Waals surface area contributed by atoms with Gasteiger partial charge in [0.2, 0.25) is 0 Å². The SMILES string of the molecule is CCOC(CO[C@@H]1C[C@H]2[C@@H]3CCC4=CC(=O)C=C[C@]4(C)[C@@]3(F)[C@@H](O)C[C@]2(C)[C@@]1(O)C(=O)CCl)OCC. The third kappa shape index (κ3) is 3.78. The van der Waals surface area contributed by atoms with Crippen LogP contribution >= 0.6 is 11.6 Å². The number of aliphatic hydroxyl groups is 2. The van der Waals surface area contributed by atoms with E-state index in [4.69, 9.17) is 25.8 Å². The van der Waals surface area contributed by atoms with Gasteiger partial charge in [0.1, 0.15) is 0 Å². The molecule has 36 heavy (non-hydrogen) atoms. The lowest BCUT2D eigenvalue weighted by Crippen LogP contribution is -2.69. The summed E-state index contributed by atoms with van der Waals surface area (Å²) in [6.07, 6.45) is 2.26. The molecule has 0 unspecified atom stereocenters. The van der Waals surface area contributed by atoms with Gasteiger partial charge in [-0.2, -0.15) is 0 Å². The Morgan fingerprint density at radius 1 is 1.25 bits per heavy atom. The molecule has 0 spiro atoms. The van der Waals surface area contributed by atoms with Gasteiger partial charge in [-0.15, -0.1) is 11.6 Å². The van der Waals surface area contributed by atoms with Gasteiger partial charge in [0.05, 0.1) is 24.7 Å². The van der Waals surface area contributed by atoms with E-state index in [9.17, 15) is 19.8 Å². The number of allylic oxidation sites excluding steroid dienone is 4. The molecule has 0 aromatic rings. The molecular formula is C27H38ClFO7. The summed E-state index contributed by atoms with van der Waals surface area (Å²) in [5.74, 6) is -2.35. The molecule has 0 radical (unpaired) electrons. The van der Waals surface area contributed by atoms with E-state index in [2.05, 4.69) is 0 Å². The van der Waals surface area contributed by atoms with Crippen molar-refractivity contribution >= 4 is 23.2 Å². The minimum atomic E-state index is -2.07. The van der Waals surface area contributed by atoms with Crippen molar-refractivity contribution < 1.29 is 38.4 Å². The molecule has 0 aliphatic heterocycles. The van der Waals surface area contributed by atoms with E-state index in [1.807, 2.05) is 13.8 Å². The molecule has 3 fully saturated rings. The first-order valence-corrected chi connectivity index (χ1v) is 13.4. The molecule has 0 aromatic carbocycles. The van der Waals surface area contributed by atoms with Crippen molar-refractivity contribution in [3.8, 4) is 0 Å². The van der Waals surface area contributed by atoms with E-state index in [-0.39, 0.29) is 25.2 Å². The average molecular weight is 529 g/mol. The molecule has 0 amide bonds. The first-order chi connectivity index (χ1) is 16.9. The maximum absolute atomic E-state index is 17.3. The van der Waals surface area contributed by atoms with Crippen LogP contribution in [0.15, 0.2) is 23.8 Å². The normalized spacial score (nSPS) is 43.7. The standard InChI is InChI=1S/C27H38ClFO7/c1-5-34-23(35-6-2)15-36-22-12-19-18-8-7-16-11-17(30)9-10-24(16,3)26(18,29)20(31)13-25(19,4)27(22,33)21(32)14-28/h9-11,18-20,22-23,31,33H,5-8,12-15H2,1-4H3/t18-,19-,20-,22+,24-,25-,26-,27+/m0/s1. The van der Waals surface area contributed by atoms with Gasteiger partial charge in [-0.1, -0.05) is 18.6 Å². The van der Waals surface area contributed by atoms with Crippen molar-refractivity contribution in [2.24, 2.45) is 22.7 Å². The van der Waals surface area contributed by atoms with Crippen LogP contribution in [-0.4, -0.2) is 77.2 Å². The number of alkyl halides is 2. The van der Waals surface area contributed by atoms with Crippen LogP contribution in [0.2, 0.25) is 0 Å². The molecule has 0 aromatic heterocycles. The summed E-state index contributed by atoms with van der Waals surface area (Å²) in [7, 11) is 0. The zero-order chi connectivity index (χ0) is 26.5. The van der Waals surface area contributed by atoms with Gasteiger partial charge in [0.25, 0.3) is 0 Å². The molecule has 0 saturated heterocycles. The number of Topliss-reactive ketones (excluding diaryl/α,β-unsaturated/α-hetero) is 1. The summed E-state index contributed by atoms with van der Waals surface area (Å²) in [4.78, 5) is 25.2. The van der Waals surface area contributed by atoms with Crippen LogP contribution in [0.3, 0.4) is 0 Å². The summed E-state index contributed by atoms with van der Waals surface area (Å²) in [6, 6.07) is 0. The second-order valence-electron chi connectivity index (χ2n) is 11.0. The van der Waals surface area contributed by atoms with Crippen LogP contribution in [0.25, 0.3) is 0 Å². The predicted molar refractivity (Wildman–Crippen MR) is 131 cm³/mol. The van der Waals surface area contributed by atoms with Crippen LogP contribution in [0.5, 0.6) is 0 Å². The molecule has 9 heteroatoms. The Morgan fingerprint density at radius 2 is 1.92 bits per heavy atom. The Balaban J connectivity index is 1.72. The summed E-state index contributed by atoms with van der Waals surface area (Å²) >= 11 is 5.97. The van der Waals surface area contributed by atoms with Crippen molar-refractivity contribution in [2.75, 3.05) is 25.7 Å². The minimum Gasteiger partial charge on any atom is -0.390 e. The maximum atomic E-state index is 17.3. The Bertz CT molecular complexity index is 948. The highest BCUT2D eigenvalue weighted by molar-refractivity contribution is 6.29. The van der Waals surface area contributed by atoms with E-state index in [1.54, 1.807) is 19.9 Å². The van der Waals surface area contributed by atoms with Crippen molar-refractivity contribution in [3.05, 3.63) is 23.8 Å². The molecular weight excluding hydrogens is 491 g/mol. The Kier molecular flexibility index (Phi) is 7.63. The van der Waals surface area contributed by atoms with Gasteiger partial charge in [0.15, 0.2) is 29.1 Å². The van der Waals surface area contributed by atoms with Crippen molar-refractivity contribution in [2.45, 2.75) is 83.1 Å². The van der Waals surface area contributed by atoms with Crippen LogP contribution in [0.1, 0.15) is 53.4 Å². The third-order valence-electron chi connectivity index (χ3n) is 9.52. The summed E-state index contributed by atoms with van der Waals surface area (Å²) < 4.78 is 34.5. The third-order valence-corrected chi connectivity index (χ3v) is 9.76. The van der Waals surface area contributed by atoms with Gasteiger partial charge in [-0.25, -0.2) is 4.39 Å². The molecule has 8 atom stereocenters. The molecule has 7 nitrogen and oxygen atoms in total. The number of ether oxygens (including phenoxy) is 3. The monoisotopic (exact) mass is 528 g/mol. The van der Waals surface area contributed by atoms with E-state index >= 15 is 4.39 Å². The van der Waals surface area contributed by atoms with Crippen LogP contribution in [0, 0.1) is 22.7 Å². The molecule has 4 aliphatic carbocycles. The van der Waals surface area contributed by atoms with Crippen molar-refractivity contribution in [1.82, 2.24) is 0 Å². The number of hydrogen-bond donors (Lipinski definition) is 2. The number of hydrogen-bond acceptors (Lipinski definition) is 7. The van der Waals surface area contributed by atoms with Gasteiger partial charge in [-0.3, -0.25) is 9.59 Å². The molecule has 4 aliphatic rings. The highest BCUT2D eigenvalue weighted by atomic mass is 35.5. The molecule has 0 bridgehead atoms. The fraction of sp³-hybridized carbons (Fsp3) is 0.778. The minimum absolute atomic E-state index is 0.0174. The molecule has 3 saturated carbocycles. The topological polar surface area (TPSA) is 102 Å². The van der Waals surface area contributed by atoms with Crippen LogP contribution < -0.4 is 0 Å². The van der Waals surface area contributed by atoms with Gasteiger partial charge >= 0.3 is 0 Å². The largest absolute Gasteiger partial charge is 0.390 e. The predicted octanol–water partition coefficient (Wildman–Crippen LogP) is 3.29. The lowest BCUT2D eigenvalue weighted by molar-refractivity contribution is -0.228. The molecule has 0 heterocycles. The van der Waals surface area contributed by atoms with E-state index in [0.717, 1.165) is 0 Å². The van der Waals surface area contributed by atoms with E-state index < -0.39 is 64.1 Å². The Hall–Kier alpha value is -1.16. The average Bonchev–Trinajstić information content (AvgIpc) is 3.06. The number of rotatable bonds is 9. The van der Waals surface area contributed by atoms with Crippen molar-refractivity contribution in [3.63, 3.8) is 0 Å². The number of carbonyl (C=O) groups excluding carboxylic acids is 2. The number of ketones is 2. The summed E-state index contributed by atoms with van der Waals surface area (Å²) in [6.45, 7) is 7.90. The maximum Gasteiger partial charge on any atom is 0.182 e. The number of aliphatic hydroxyl groups excluding tert-OH is 1. The molecule has 4 rings (SSSR count). The summed E-state index contributed by atoms with van der Waals surface area (Å²) in [5.41, 5.74) is -5.74. The quantitative estimate of drug-likeness (QED) is 0.350. The first-order valence-electron chi connectivity index (χ1n) is 12.9. The Labute approximate surface area is 217 Å². The number of carbonyl (C=O) groups is 2. The second-order valence-corrected chi connectivity index (χ2v) is 11.3. The Morgan fingerprint density at radius 3 is 2.53 bits per heavy atom. The number of fused-ring (bicyclic) bond motifs is 5. The van der Waals surface area contributed by atoms with Gasteiger partial charge in [-0.05, 0) is 64.5 Å². The smallest absolute Gasteiger partial charge is 0.182 e. The lowest BCUT2D eigenvalue weighted by atomic mass is 9.44. The van der Waals surface area contributed by atoms with Crippen LogP contribution in [-0.2, 0) is 23.8 Å². The number of halogens is 2. The van der Waals surface area contributed by atoms with E-state index in [1.165, 1.54) is 12.2 Å². The second kappa shape index (κ2) is 9.86. The van der Waals surface area contributed by atoms with E-state index in [0.29, 0.717) is 31.6 Å². The highest BCUT2D eigenvalue weighted by Gasteiger charge is 2.76.